The Bertz CT molecular complexity index is 229. The second-order valence-electron chi connectivity index (χ2n) is 5.07. The monoisotopic (exact) mass is 228 g/mol. The molecule has 94 valence electrons. The van der Waals surface area contributed by atoms with Crippen LogP contribution in [0.15, 0.2) is 0 Å². The third-order valence-corrected chi connectivity index (χ3v) is 3.37. The van der Waals surface area contributed by atoms with Crippen LogP contribution in [-0.4, -0.2) is 41.7 Å². The highest BCUT2D eigenvalue weighted by atomic mass is 16.3. The number of nitrogens with two attached hydrogens (primary N) is 1. The molecule has 0 aromatic rings. The molecule has 0 aromatic carbocycles. The van der Waals surface area contributed by atoms with Crippen LogP contribution in [0.4, 0.5) is 0 Å². The molecule has 1 heterocycles. The van der Waals surface area contributed by atoms with E-state index in [9.17, 15) is 4.79 Å². The van der Waals surface area contributed by atoms with E-state index in [0.717, 1.165) is 32.4 Å². The average molecular weight is 228 g/mol. The SMILES string of the molecule is CC(C)[C@H](N)C(=O)N1CCCC(CCO)C1. The van der Waals surface area contributed by atoms with Gasteiger partial charge in [0.05, 0.1) is 6.04 Å². The normalized spacial score (nSPS) is 23.6. The minimum absolute atomic E-state index is 0.0673. The van der Waals surface area contributed by atoms with Crippen molar-refractivity contribution in [3.8, 4) is 0 Å². The predicted molar refractivity (Wildman–Crippen MR) is 63.8 cm³/mol. The number of hydrogen-bond acceptors (Lipinski definition) is 3. The van der Waals surface area contributed by atoms with Gasteiger partial charge in [-0.1, -0.05) is 13.8 Å². The van der Waals surface area contributed by atoms with Crippen LogP contribution < -0.4 is 5.73 Å². The number of likely N-dealkylation sites (tertiary alicyclic amines) is 1. The highest BCUT2D eigenvalue weighted by Crippen LogP contribution is 2.20. The summed E-state index contributed by atoms with van der Waals surface area (Å²) in [7, 11) is 0. The van der Waals surface area contributed by atoms with Crippen molar-refractivity contribution in [2.75, 3.05) is 19.7 Å². The molecule has 2 atom stereocenters. The van der Waals surface area contributed by atoms with Crippen molar-refractivity contribution in [2.24, 2.45) is 17.6 Å². The number of carbonyl (C=O) groups excluding carboxylic acids is 1. The second-order valence-corrected chi connectivity index (χ2v) is 5.07. The molecule has 0 aliphatic carbocycles. The van der Waals surface area contributed by atoms with Crippen molar-refractivity contribution in [3.63, 3.8) is 0 Å². The third kappa shape index (κ3) is 3.46. The topological polar surface area (TPSA) is 66.6 Å². The Morgan fingerprint density at radius 1 is 1.56 bits per heavy atom. The van der Waals surface area contributed by atoms with Gasteiger partial charge in [0.25, 0.3) is 0 Å². The zero-order valence-corrected chi connectivity index (χ0v) is 10.4. The quantitative estimate of drug-likeness (QED) is 0.740. The lowest BCUT2D eigenvalue weighted by atomic mass is 9.94. The average Bonchev–Trinajstić information content (AvgIpc) is 2.28. The van der Waals surface area contributed by atoms with Gasteiger partial charge < -0.3 is 15.7 Å². The highest BCUT2D eigenvalue weighted by Gasteiger charge is 2.27. The summed E-state index contributed by atoms with van der Waals surface area (Å²) in [5, 5.41) is 8.91. The lowest BCUT2D eigenvalue weighted by molar-refractivity contribution is -0.135. The van der Waals surface area contributed by atoms with E-state index in [4.69, 9.17) is 10.8 Å². The van der Waals surface area contributed by atoms with Crippen molar-refractivity contribution in [3.05, 3.63) is 0 Å². The number of piperidine rings is 1. The van der Waals surface area contributed by atoms with Crippen LogP contribution in [0.1, 0.15) is 33.1 Å². The Kier molecular flexibility index (Phi) is 5.22. The fraction of sp³-hybridized carbons (Fsp3) is 0.917. The maximum Gasteiger partial charge on any atom is 0.239 e. The van der Waals surface area contributed by atoms with Gasteiger partial charge in [-0.05, 0) is 31.1 Å². The van der Waals surface area contributed by atoms with Gasteiger partial charge in [-0.25, -0.2) is 0 Å². The first-order chi connectivity index (χ1) is 7.56. The van der Waals surface area contributed by atoms with Crippen LogP contribution in [0.25, 0.3) is 0 Å². The zero-order chi connectivity index (χ0) is 12.1. The Labute approximate surface area is 97.8 Å². The van der Waals surface area contributed by atoms with Crippen molar-refractivity contribution in [1.82, 2.24) is 4.90 Å². The van der Waals surface area contributed by atoms with Gasteiger partial charge in [-0.15, -0.1) is 0 Å². The minimum atomic E-state index is -0.382. The molecule has 1 unspecified atom stereocenters. The summed E-state index contributed by atoms with van der Waals surface area (Å²) in [5.74, 6) is 0.699. The molecular formula is C12H24N2O2. The van der Waals surface area contributed by atoms with Crippen LogP contribution in [0.5, 0.6) is 0 Å². The summed E-state index contributed by atoms with van der Waals surface area (Å²) in [4.78, 5) is 13.9. The lowest BCUT2D eigenvalue weighted by Crippen LogP contribution is -2.50. The van der Waals surface area contributed by atoms with E-state index in [2.05, 4.69) is 0 Å². The van der Waals surface area contributed by atoms with Gasteiger partial charge in [0, 0.05) is 19.7 Å². The third-order valence-electron chi connectivity index (χ3n) is 3.37. The second kappa shape index (κ2) is 6.21. The summed E-state index contributed by atoms with van der Waals surface area (Å²) in [6.45, 7) is 5.74. The van der Waals surface area contributed by atoms with Crippen molar-refractivity contribution in [2.45, 2.75) is 39.2 Å². The van der Waals surface area contributed by atoms with Crippen LogP contribution >= 0.6 is 0 Å². The molecule has 0 saturated carbocycles. The molecule has 3 N–H and O–H groups in total. The molecule has 0 radical (unpaired) electrons. The number of hydrogen-bond donors (Lipinski definition) is 2. The van der Waals surface area contributed by atoms with Gasteiger partial charge in [0.2, 0.25) is 5.91 Å². The van der Waals surface area contributed by atoms with Crippen molar-refractivity contribution < 1.29 is 9.90 Å². The molecular weight excluding hydrogens is 204 g/mol. The maximum atomic E-state index is 12.0. The van der Waals surface area contributed by atoms with E-state index >= 15 is 0 Å². The van der Waals surface area contributed by atoms with E-state index in [1.54, 1.807) is 0 Å². The summed E-state index contributed by atoms with van der Waals surface area (Å²) < 4.78 is 0. The van der Waals surface area contributed by atoms with Crippen molar-refractivity contribution in [1.29, 1.82) is 0 Å². The Morgan fingerprint density at radius 3 is 2.81 bits per heavy atom. The first-order valence-electron chi connectivity index (χ1n) is 6.21. The Hall–Kier alpha value is -0.610. The number of aliphatic hydroxyl groups is 1. The molecule has 0 spiro atoms. The summed E-state index contributed by atoms with van der Waals surface area (Å²) in [6, 6.07) is -0.382. The number of rotatable bonds is 4. The molecule has 1 rings (SSSR count). The molecule has 1 fully saturated rings. The van der Waals surface area contributed by atoms with Gasteiger partial charge in [0.1, 0.15) is 0 Å². The number of carbonyl (C=O) groups is 1. The maximum absolute atomic E-state index is 12.0. The molecule has 1 amide bonds. The summed E-state index contributed by atoms with van der Waals surface area (Å²) in [6.07, 6.45) is 2.93. The first kappa shape index (κ1) is 13.5. The predicted octanol–water partition coefficient (Wildman–Crippen LogP) is 0.591. The Balaban J connectivity index is 2.49. The fourth-order valence-electron chi connectivity index (χ4n) is 2.18. The molecule has 1 aliphatic heterocycles. The van der Waals surface area contributed by atoms with Crippen molar-refractivity contribution >= 4 is 5.91 Å². The van der Waals surface area contributed by atoms with Gasteiger partial charge in [-0.2, -0.15) is 0 Å². The van der Waals surface area contributed by atoms with Gasteiger partial charge in [-0.3, -0.25) is 4.79 Å². The fourth-order valence-corrected chi connectivity index (χ4v) is 2.18. The van der Waals surface area contributed by atoms with Gasteiger partial charge in [0.15, 0.2) is 0 Å². The minimum Gasteiger partial charge on any atom is -0.396 e. The largest absolute Gasteiger partial charge is 0.396 e. The summed E-state index contributed by atoms with van der Waals surface area (Å²) >= 11 is 0. The van der Waals surface area contributed by atoms with E-state index in [1.165, 1.54) is 0 Å². The molecule has 4 heteroatoms. The molecule has 1 saturated heterocycles. The van der Waals surface area contributed by atoms with Gasteiger partial charge >= 0.3 is 0 Å². The van der Waals surface area contributed by atoms with E-state index < -0.39 is 0 Å². The van der Waals surface area contributed by atoms with Crippen LogP contribution in [0.2, 0.25) is 0 Å². The first-order valence-corrected chi connectivity index (χ1v) is 6.21. The van der Waals surface area contributed by atoms with E-state index in [0.29, 0.717) is 5.92 Å². The Morgan fingerprint density at radius 2 is 2.25 bits per heavy atom. The summed E-state index contributed by atoms with van der Waals surface area (Å²) in [5.41, 5.74) is 5.87. The standard InChI is InChI=1S/C12H24N2O2/c1-9(2)11(13)12(16)14-6-3-4-10(8-14)5-7-15/h9-11,15H,3-8,13H2,1-2H3/t10?,11-/m0/s1. The van der Waals surface area contributed by atoms with E-state index in [1.807, 2.05) is 18.7 Å². The zero-order valence-electron chi connectivity index (χ0n) is 10.4. The van der Waals surface area contributed by atoms with E-state index in [-0.39, 0.29) is 24.5 Å². The van der Waals surface area contributed by atoms with Crippen LogP contribution in [-0.2, 0) is 4.79 Å². The van der Waals surface area contributed by atoms with Crippen LogP contribution in [0.3, 0.4) is 0 Å². The highest BCUT2D eigenvalue weighted by molar-refractivity contribution is 5.82. The molecule has 16 heavy (non-hydrogen) atoms. The molecule has 4 nitrogen and oxygen atoms in total. The molecule has 1 aliphatic rings. The smallest absolute Gasteiger partial charge is 0.239 e. The number of aliphatic hydroxyl groups excluding tert-OH is 1. The number of amides is 1. The number of nitrogens with zero attached hydrogens (tertiary/aromatic N) is 1. The van der Waals surface area contributed by atoms with Crippen LogP contribution in [0, 0.1) is 11.8 Å². The molecule has 0 aromatic heterocycles. The molecule has 0 bridgehead atoms. The lowest BCUT2D eigenvalue weighted by Gasteiger charge is -2.34.